The van der Waals surface area contributed by atoms with Crippen LogP contribution in [0, 0.1) is 26.6 Å². The largest absolute Gasteiger partial charge is 0.369 e. The first-order valence-electron chi connectivity index (χ1n) is 17.3. The summed E-state index contributed by atoms with van der Waals surface area (Å²) in [5.41, 5.74) is 8.31. The Morgan fingerprint density at radius 1 is 0.863 bits per heavy atom. The highest BCUT2D eigenvalue weighted by atomic mass is 32.2. The Hall–Kier alpha value is -4.84. The van der Waals surface area contributed by atoms with Crippen LogP contribution in [0.15, 0.2) is 96.2 Å². The predicted molar refractivity (Wildman–Crippen MR) is 202 cm³/mol. The molecule has 0 aliphatic carbocycles. The van der Waals surface area contributed by atoms with Crippen molar-refractivity contribution in [3.8, 4) is 22.3 Å². The summed E-state index contributed by atoms with van der Waals surface area (Å²) in [7, 11) is 0.251. The quantitative estimate of drug-likeness (QED) is 0.159. The number of halogens is 1. The van der Waals surface area contributed by atoms with Gasteiger partial charge in [0.25, 0.3) is 10.0 Å². The number of pyridine rings is 1. The number of rotatable bonds is 10. The maximum absolute atomic E-state index is 14.1. The molecule has 3 aromatic heterocycles. The van der Waals surface area contributed by atoms with Crippen molar-refractivity contribution in [2.75, 3.05) is 58.3 Å². The molecule has 1 aliphatic rings. The number of likely N-dealkylation sites (N-methyl/N-ethyl adjacent to an activating group) is 1. The van der Waals surface area contributed by atoms with Gasteiger partial charge in [0.2, 0.25) is 0 Å². The number of anilines is 1. The molecule has 0 N–H and O–H groups in total. The molecular formula is C40H44FN7O2S. The van der Waals surface area contributed by atoms with E-state index in [0.717, 1.165) is 84.0 Å². The van der Waals surface area contributed by atoms with Crippen LogP contribution in [0.1, 0.15) is 22.5 Å². The lowest BCUT2D eigenvalue weighted by atomic mass is 10.0. The van der Waals surface area contributed by atoms with Crippen LogP contribution >= 0.6 is 0 Å². The molecule has 3 aromatic carbocycles. The summed E-state index contributed by atoms with van der Waals surface area (Å²) in [6.45, 7) is 12.4. The molecule has 0 amide bonds. The van der Waals surface area contributed by atoms with Gasteiger partial charge in [-0.2, -0.15) is 5.10 Å². The van der Waals surface area contributed by atoms with Crippen molar-refractivity contribution in [2.45, 2.75) is 32.2 Å². The lowest BCUT2D eigenvalue weighted by Crippen LogP contribution is -2.48. The molecule has 0 atom stereocenters. The number of hydrogen-bond donors (Lipinski definition) is 0. The minimum absolute atomic E-state index is 0.187. The van der Waals surface area contributed by atoms with Crippen LogP contribution in [0.3, 0.4) is 0 Å². The summed E-state index contributed by atoms with van der Waals surface area (Å²) in [6.07, 6.45) is 3.42. The number of aryl methyl sites for hydroxylation is 2. The number of hydrogen-bond acceptors (Lipinski definition) is 7. The highest BCUT2D eigenvalue weighted by molar-refractivity contribution is 7.90. The minimum atomic E-state index is -3.98. The predicted octanol–water partition coefficient (Wildman–Crippen LogP) is 6.60. The fourth-order valence-corrected chi connectivity index (χ4v) is 8.25. The molecule has 7 rings (SSSR count). The normalized spacial score (nSPS) is 14.2. The summed E-state index contributed by atoms with van der Waals surface area (Å²) in [5, 5.41) is 5.53. The first kappa shape index (κ1) is 34.6. The van der Waals surface area contributed by atoms with Crippen LogP contribution in [-0.2, 0) is 16.6 Å². The van der Waals surface area contributed by atoms with E-state index in [1.807, 2.05) is 37.6 Å². The number of benzene rings is 3. The maximum Gasteiger partial charge on any atom is 0.269 e. The molecule has 6 aromatic rings. The first-order chi connectivity index (χ1) is 24.5. The molecular weight excluding hydrogens is 662 g/mol. The Morgan fingerprint density at radius 3 is 2.27 bits per heavy atom. The minimum Gasteiger partial charge on any atom is -0.369 e. The lowest BCUT2D eigenvalue weighted by Gasteiger charge is -2.36. The fourth-order valence-electron chi connectivity index (χ4n) is 6.93. The van der Waals surface area contributed by atoms with Crippen molar-refractivity contribution in [2.24, 2.45) is 0 Å². The summed E-state index contributed by atoms with van der Waals surface area (Å²) in [4.78, 5) is 12.2. The molecule has 0 spiro atoms. The van der Waals surface area contributed by atoms with Crippen molar-refractivity contribution in [3.63, 3.8) is 0 Å². The van der Waals surface area contributed by atoms with E-state index >= 15 is 0 Å². The van der Waals surface area contributed by atoms with Gasteiger partial charge < -0.3 is 9.80 Å². The molecule has 11 heteroatoms. The highest BCUT2D eigenvalue weighted by Gasteiger charge is 2.26. The Bertz CT molecular complexity index is 2290. The second kappa shape index (κ2) is 14.1. The second-order valence-corrected chi connectivity index (χ2v) is 15.6. The third-order valence-corrected chi connectivity index (χ3v) is 11.5. The van der Waals surface area contributed by atoms with E-state index in [-0.39, 0.29) is 10.7 Å². The Kier molecular flexibility index (Phi) is 9.54. The van der Waals surface area contributed by atoms with Gasteiger partial charge in [0.1, 0.15) is 5.82 Å². The van der Waals surface area contributed by atoms with E-state index in [2.05, 4.69) is 53.1 Å². The van der Waals surface area contributed by atoms with Gasteiger partial charge in [-0.3, -0.25) is 9.58 Å². The Morgan fingerprint density at radius 2 is 1.59 bits per heavy atom. The van der Waals surface area contributed by atoms with E-state index in [9.17, 15) is 12.8 Å². The molecule has 0 unspecified atom stereocenters. The third kappa shape index (κ3) is 7.06. The van der Waals surface area contributed by atoms with Crippen molar-refractivity contribution in [1.82, 2.24) is 28.5 Å². The first-order valence-corrected chi connectivity index (χ1v) is 18.8. The Labute approximate surface area is 299 Å². The van der Waals surface area contributed by atoms with E-state index in [1.165, 1.54) is 21.8 Å². The summed E-state index contributed by atoms with van der Waals surface area (Å²) >= 11 is 0. The van der Waals surface area contributed by atoms with Gasteiger partial charge in [-0.05, 0) is 88.5 Å². The van der Waals surface area contributed by atoms with Gasteiger partial charge in [-0.1, -0.05) is 42.0 Å². The number of nitrogens with zero attached hydrogens (tertiary/aromatic N) is 7. The summed E-state index contributed by atoms with van der Waals surface area (Å²) in [6, 6.07) is 23.9. The standard InChI is InChI=1S/C40H44FN7O2S/c1-28-9-15-36(16-10-28)51(49,50)48-27-38(39-29(2)43-47(30(39)3)26-31-7-6-8-34(41)23-31)37-24-33(25-42-40(37)48)32-11-13-35(14-12-32)46-21-19-45(20-22-46)18-17-44(4)5/h6-16,23-25,27H,17-22,26H2,1-5H3. The number of aromatic nitrogens is 4. The molecule has 1 saturated heterocycles. The zero-order chi connectivity index (χ0) is 35.9. The summed E-state index contributed by atoms with van der Waals surface area (Å²) in [5.74, 6) is -0.302. The average Bonchev–Trinajstić information content (AvgIpc) is 3.63. The molecule has 264 valence electrons. The van der Waals surface area contributed by atoms with Crippen LogP contribution in [0.2, 0.25) is 0 Å². The van der Waals surface area contributed by atoms with Gasteiger partial charge in [-0.15, -0.1) is 0 Å². The molecule has 0 saturated carbocycles. The molecule has 0 radical (unpaired) electrons. The average molecular weight is 706 g/mol. The van der Waals surface area contributed by atoms with Crippen molar-refractivity contribution in [1.29, 1.82) is 0 Å². The Balaban J connectivity index is 1.26. The van der Waals surface area contributed by atoms with E-state index in [0.29, 0.717) is 17.6 Å². The maximum atomic E-state index is 14.1. The molecule has 4 heterocycles. The van der Waals surface area contributed by atoms with Crippen molar-refractivity contribution < 1.29 is 12.8 Å². The van der Waals surface area contributed by atoms with Crippen LogP contribution in [0.25, 0.3) is 33.3 Å². The zero-order valence-corrected chi connectivity index (χ0v) is 30.7. The summed E-state index contributed by atoms with van der Waals surface area (Å²) < 4.78 is 45.4. The van der Waals surface area contributed by atoms with Gasteiger partial charge in [-0.25, -0.2) is 21.8 Å². The van der Waals surface area contributed by atoms with E-state index in [4.69, 9.17) is 10.1 Å². The van der Waals surface area contributed by atoms with Crippen LogP contribution in [-0.4, -0.2) is 90.3 Å². The van der Waals surface area contributed by atoms with Gasteiger partial charge >= 0.3 is 0 Å². The SMILES string of the molecule is Cc1ccc(S(=O)(=O)n2cc(-c3c(C)nn(Cc4cccc(F)c4)c3C)c3cc(-c4ccc(N5CCN(CCN(C)C)CC5)cc4)cnc32)cc1. The van der Waals surface area contributed by atoms with Crippen LogP contribution in [0.4, 0.5) is 10.1 Å². The zero-order valence-electron chi connectivity index (χ0n) is 29.8. The van der Waals surface area contributed by atoms with Gasteiger partial charge in [0.15, 0.2) is 5.65 Å². The number of piperazine rings is 1. The fraction of sp³-hybridized carbons (Fsp3) is 0.300. The monoisotopic (exact) mass is 705 g/mol. The van der Waals surface area contributed by atoms with Crippen LogP contribution in [0.5, 0.6) is 0 Å². The van der Waals surface area contributed by atoms with Crippen molar-refractivity contribution in [3.05, 3.63) is 120 Å². The van der Waals surface area contributed by atoms with Gasteiger partial charge in [0.05, 0.1) is 17.1 Å². The smallest absolute Gasteiger partial charge is 0.269 e. The lowest BCUT2D eigenvalue weighted by molar-refractivity contribution is 0.229. The molecule has 9 nitrogen and oxygen atoms in total. The molecule has 51 heavy (non-hydrogen) atoms. The molecule has 1 fully saturated rings. The second-order valence-electron chi connectivity index (χ2n) is 13.8. The molecule has 0 bridgehead atoms. The van der Waals surface area contributed by atoms with Crippen LogP contribution < -0.4 is 4.90 Å². The highest BCUT2D eigenvalue weighted by Crippen LogP contribution is 2.38. The van der Waals surface area contributed by atoms with E-state index < -0.39 is 10.0 Å². The molecule has 1 aliphatic heterocycles. The topological polar surface area (TPSA) is 79.5 Å². The van der Waals surface area contributed by atoms with Gasteiger partial charge in [0, 0.05) is 85.1 Å². The third-order valence-electron chi connectivity index (χ3n) is 9.86. The van der Waals surface area contributed by atoms with Crippen molar-refractivity contribution >= 4 is 26.7 Å². The number of fused-ring (bicyclic) bond motifs is 1. The van der Waals surface area contributed by atoms with E-state index in [1.54, 1.807) is 42.7 Å².